The highest BCUT2D eigenvalue weighted by Gasteiger charge is 2.09. The maximum atomic E-state index is 9.50. The van der Waals surface area contributed by atoms with Crippen LogP contribution < -0.4 is 0 Å². The highest BCUT2D eigenvalue weighted by molar-refractivity contribution is 9.10. The molecule has 1 rings (SSSR count). The molecule has 1 aromatic rings. The summed E-state index contributed by atoms with van der Waals surface area (Å²) in [5.74, 6) is 0. The summed E-state index contributed by atoms with van der Waals surface area (Å²) < 4.78 is 0.983. The monoisotopic (exact) mass is 232 g/mol. The molecule has 1 N–H and O–H groups in total. The van der Waals surface area contributed by atoms with Crippen LogP contribution in [0, 0.1) is 0 Å². The summed E-state index contributed by atoms with van der Waals surface area (Å²) in [6.45, 7) is 3.57. The summed E-state index contributed by atoms with van der Waals surface area (Å²) in [5, 5.41) is 13.4. The van der Waals surface area contributed by atoms with Gasteiger partial charge in [-0.25, -0.2) is 0 Å². The Hall–Kier alpha value is -0.120. The van der Waals surface area contributed by atoms with Crippen molar-refractivity contribution in [2.45, 2.75) is 12.5 Å². The summed E-state index contributed by atoms with van der Waals surface area (Å²) in [6, 6.07) is 0. The largest absolute Gasteiger partial charge is 0.388 e. The van der Waals surface area contributed by atoms with E-state index in [2.05, 4.69) is 22.5 Å². The van der Waals surface area contributed by atoms with Crippen LogP contribution in [-0.4, -0.2) is 5.11 Å². The molecule has 1 atom stereocenters. The van der Waals surface area contributed by atoms with Gasteiger partial charge in [-0.05, 0) is 27.7 Å². The lowest BCUT2D eigenvalue weighted by Crippen LogP contribution is -1.93. The zero-order valence-corrected chi connectivity index (χ0v) is 8.36. The van der Waals surface area contributed by atoms with Crippen molar-refractivity contribution in [2.24, 2.45) is 0 Å². The second-order valence-corrected chi connectivity index (χ2v) is 3.81. The molecular weight excluding hydrogens is 224 g/mol. The fraction of sp³-hybridized carbons (Fsp3) is 0.250. The minimum atomic E-state index is -0.409. The van der Waals surface area contributed by atoms with Crippen molar-refractivity contribution in [2.75, 3.05) is 0 Å². The van der Waals surface area contributed by atoms with Gasteiger partial charge in [0.2, 0.25) is 0 Å². The fourth-order valence-electron chi connectivity index (χ4n) is 0.814. The second-order valence-electron chi connectivity index (χ2n) is 2.22. The molecule has 1 aromatic heterocycles. The van der Waals surface area contributed by atoms with E-state index in [0.717, 1.165) is 10.0 Å². The van der Waals surface area contributed by atoms with E-state index in [1.165, 1.54) is 0 Å². The minimum Gasteiger partial charge on any atom is -0.388 e. The van der Waals surface area contributed by atoms with Crippen LogP contribution in [0.5, 0.6) is 0 Å². The van der Waals surface area contributed by atoms with Crippen molar-refractivity contribution in [3.8, 4) is 0 Å². The molecule has 0 aliphatic heterocycles. The van der Waals surface area contributed by atoms with Crippen molar-refractivity contribution in [1.82, 2.24) is 0 Å². The minimum absolute atomic E-state index is 0.409. The molecular formula is C8H9BrOS. The number of aliphatic hydroxyl groups is 1. The Morgan fingerprint density at radius 1 is 1.73 bits per heavy atom. The predicted molar refractivity (Wildman–Crippen MR) is 51.8 cm³/mol. The van der Waals surface area contributed by atoms with E-state index in [1.54, 1.807) is 17.4 Å². The molecule has 0 radical (unpaired) electrons. The van der Waals surface area contributed by atoms with E-state index in [9.17, 15) is 5.11 Å². The van der Waals surface area contributed by atoms with E-state index in [1.807, 2.05) is 10.8 Å². The van der Waals surface area contributed by atoms with Crippen molar-refractivity contribution in [3.63, 3.8) is 0 Å². The topological polar surface area (TPSA) is 20.2 Å². The lowest BCUT2D eigenvalue weighted by Gasteiger charge is -2.05. The zero-order chi connectivity index (χ0) is 8.27. The van der Waals surface area contributed by atoms with Crippen molar-refractivity contribution >= 4 is 27.3 Å². The van der Waals surface area contributed by atoms with E-state index < -0.39 is 6.10 Å². The molecule has 60 valence electrons. The molecule has 1 heterocycles. The van der Waals surface area contributed by atoms with E-state index in [0.29, 0.717) is 6.42 Å². The molecule has 0 aromatic carbocycles. The molecule has 0 spiro atoms. The molecule has 3 heteroatoms. The molecule has 0 bridgehead atoms. The smallest absolute Gasteiger partial charge is 0.0843 e. The van der Waals surface area contributed by atoms with Crippen LogP contribution >= 0.6 is 27.3 Å². The SMILES string of the molecule is C=CCC(O)c1cscc1Br. The average molecular weight is 233 g/mol. The predicted octanol–water partition coefficient (Wildman–Crippen LogP) is 3.12. The number of rotatable bonds is 3. The van der Waals surface area contributed by atoms with E-state index in [-0.39, 0.29) is 0 Å². The summed E-state index contributed by atoms with van der Waals surface area (Å²) in [4.78, 5) is 0. The lowest BCUT2D eigenvalue weighted by molar-refractivity contribution is 0.181. The Balaban J connectivity index is 2.74. The van der Waals surface area contributed by atoms with Gasteiger partial charge in [-0.2, -0.15) is 11.3 Å². The third-order valence-electron chi connectivity index (χ3n) is 1.39. The van der Waals surface area contributed by atoms with Crippen molar-refractivity contribution in [3.05, 3.63) is 33.5 Å². The average Bonchev–Trinajstić information content (AvgIpc) is 2.36. The molecule has 0 saturated heterocycles. The van der Waals surface area contributed by atoms with Crippen LogP contribution in [0.1, 0.15) is 18.1 Å². The second kappa shape index (κ2) is 4.04. The van der Waals surface area contributed by atoms with Crippen LogP contribution in [0.15, 0.2) is 27.9 Å². The van der Waals surface area contributed by atoms with E-state index in [4.69, 9.17) is 0 Å². The molecule has 1 nitrogen and oxygen atoms in total. The third kappa shape index (κ3) is 2.15. The summed E-state index contributed by atoms with van der Waals surface area (Å²) in [6.07, 6.45) is 1.91. The molecule has 0 amide bonds. The number of halogens is 1. The standard InChI is InChI=1S/C8H9BrOS/c1-2-3-8(10)6-4-11-5-7(6)9/h2,4-5,8,10H,1,3H2. The quantitative estimate of drug-likeness (QED) is 0.795. The van der Waals surface area contributed by atoms with Gasteiger partial charge in [0.25, 0.3) is 0 Å². The molecule has 0 saturated carbocycles. The first-order valence-electron chi connectivity index (χ1n) is 3.26. The van der Waals surface area contributed by atoms with E-state index >= 15 is 0 Å². The molecule has 0 aliphatic carbocycles. The highest BCUT2D eigenvalue weighted by Crippen LogP contribution is 2.28. The Morgan fingerprint density at radius 3 is 2.91 bits per heavy atom. The Morgan fingerprint density at radius 2 is 2.45 bits per heavy atom. The Labute approximate surface area is 78.5 Å². The fourth-order valence-corrected chi connectivity index (χ4v) is 2.42. The van der Waals surface area contributed by atoms with Crippen LogP contribution in [0.4, 0.5) is 0 Å². The van der Waals surface area contributed by atoms with Crippen LogP contribution in [0.2, 0.25) is 0 Å². The number of hydrogen-bond acceptors (Lipinski definition) is 2. The normalized spacial score (nSPS) is 12.9. The van der Waals surface area contributed by atoms with Crippen LogP contribution in [-0.2, 0) is 0 Å². The molecule has 0 aliphatic rings. The first-order valence-corrected chi connectivity index (χ1v) is 5.00. The molecule has 0 fully saturated rings. The van der Waals surface area contributed by atoms with Gasteiger partial charge in [-0.1, -0.05) is 6.08 Å². The lowest BCUT2D eigenvalue weighted by atomic mass is 10.1. The van der Waals surface area contributed by atoms with Crippen LogP contribution in [0.3, 0.4) is 0 Å². The Kier molecular flexibility index (Phi) is 3.30. The third-order valence-corrected chi connectivity index (χ3v) is 3.14. The highest BCUT2D eigenvalue weighted by atomic mass is 79.9. The zero-order valence-electron chi connectivity index (χ0n) is 5.96. The number of thiophene rings is 1. The van der Waals surface area contributed by atoms with Crippen molar-refractivity contribution < 1.29 is 5.11 Å². The molecule has 11 heavy (non-hydrogen) atoms. The van der Waals surface area contributed by atoms with Gasteiger partial charge in [0.1, 0.15) is 0 Å². The van der Waals surface area contributed by atoms with Gasteiger partial charge in [0.15, 0.2) is 0 Å². The number of aliphatic hydroxyl groups excluding tert-OH is 1. The number of hydrogen-bond donors (Lipinski definition) is 1. The Bertz CT molecular complexity index is 244. The van der Waals surface area contributed by atoms with Crippen LogP contribution in [0.25, 0.3) is 0 Å². The van der Waals surface area contributed by atoms with Gasteiger partial charge in [0.05, 0.1) is 6.10 Å². The first kappa shape index (κ1) is 8.97. The van der Waals surface area contributed by atoms with Gasteiger partial charge in [-0.3, -0.25) is 0 Å². The van der Waals surface area contributed by atoms with Crippen molar-refractivity contribution in [1.29, 1.82) is 0 Å². The van der Waals surface area contributed by atoms with Gasteiger partial charge >= 0.3 is 0 Å². The van der Waals surface area contributed by atoms with Gasteiger partial charge in [-0.15, -0.1) is 6.58 Å². The first-order chi connectivity index (χ1) is 5.25. The maximum Gasteiger partial charge on any atom is 0.0843 e. The van der Waals surface area contributed by atoms with Gasteiger partial charge in [0, 0.05) is 15.4 Å². The maximum absolute atomic E-state index is 9.50. The summed E-state index contributed by atoms with van der Waals surface area (Å²) in [7, 11) is 0. The molecule has 1 unspecified atom stereocenters. The summed E-state index contributed by atoms with van der Waals surface area (Å²) in [5.41, 5.74) is 0.954. The summed E-state index contributed by atoms with van der Waals surface area (Å²) >= 11 is 4.93. The van der Waals surface area contributed by atoms with Gasteiger partial charge < -0.3 is 5.11 Å².